The van der Waals surface area contributed by atoms with Crippen molar-refractivity contribution in [2.24, 2.45) is 0 Å². The Hall–Kier alpha value is -2.65. The third-order valence-electron chi connectivity index (χ3n) is 2.94. The lowest BCUT2D eigenvalue weighted by atomic mass is 10.1. The number of nitriles is 1. The largest absolute Gasteiger partial charge is 0.478 e. The van der Waals surface area contributed by atoms with E-state index in [-0.39, 0.29) is 16.0 Å². The molecule has 0 radical (unpaired) electrons. The Kier molecular flexibility index (Phi) is 4.05. The van der Waals surface area contributed by atoms with Gasteiger partial charge in [0, 0.05) is 0 Å². The van der Waals surface area contributed by atoms with Gasteiger partial charge in [-0.25, -0.2) is 13.2 Å². The van der Waals surface area contributed by atoms with E-state index in [1.54, 1.807) is 12.1 Å². The monoisotopic (exact) mass is 301 g/mol. The van der Waals surface area contributed by atoms with Crippen LogP contribution in [0.4, 0.5) is 0 Å². The summed E-state index contributed by atoms with van der Waals surface area (Å²) in [4.78, 5) is 11.2. The minimum Gasteiger partial charge on any atom is -0.478 e. The first kappa shape index (κ1) is 14.8. The molecule has 0 atom stereocenters. The van der Waals surface area contributed by atoms with E-state index in [1.165, 1.54) is 36.4 Å². The molecule has 0 saturated carbocycles. The maximum absolute atomic E-state index is 12.3. The van der Waals surface area contributed by atoms with E-state index in [4.69, 9.17) is 10.4 Å². The Labute approximate surface area is 122 Å². The molecule has 0 bridgehead atoms. The van der Waals surface area contributed by atoms with Gasteiger partial charge in [0.2, 0.25) is 0 Å². The lowest BCUT2D eigenvalue weighted by Gasteiger charge is -2.07. The molecule has 0 aliphatic carbocycles. The summed E-state index contributed by atoms with van der Waals surface area (Å²) < 4.78 is 24.6. The highest BCUT2D eigenvalue weighted by Gasteiger charge is 2.19. The van der Waals surface area contributed by atoms with Gasteiger partial charge in [0.15, 0.2) is 9.84 Å². The van der Waals surface area contributed by atoms with Crippen LogP contribution in [0.1, 0.15) is 21.5 Å². The molecule has 0 fully saturated rings. The van der Waals surface area contributed by atoms with Crippen LogP contribution in [0.2, 0.25) is 0 Å². The number of nitrogens with zero attached hydrogens (tertiary/aromatic N) is 1. The van der Waals surface area contributed by atoms with Gasteiger partial charge in [-0.1, -0.05) is 18.2 Å². The number of aromatic carboxylic acids is 1. The van der Waals surface area contributed by atoms with E-state index in [1.807, 2.05) is 6.07 Å². The van der Waals surface area contributed by atoms with Crippen LogP contribution in [0.25, 0.3) is 0 Å². The van der Waals surface area contributed by atoms with Gasteiger partial charge >= 0.3 is 5.97 Å². The van der Waals surface area contributed by atoms with Gasteiger partial charge in [-0.2, -0.15) is 5.26 Å². The number of carboxylic acids is 1. The Bertz CT molecular complexity index is 817. The standard InChI is InChI=1S/C15H11NO4S/c16-9-11-5-7-13(8-6-11)21(19,20)10-12-3-1-2-4-14(12)15(17)18/h1-8H,10H2,(H,17,18). The molecule has 0 aliphatic rings. The van der Waals surface area contributed by atoms with Crippen LogP contribution in [0.3, 0.4) is 0 Å². The molecule has 2 aromatic carbocycles. The Balaban J connectivity index is 2.38. The summed E-state index contributed by atoms with van der Waals surface area (Å²) in [5, 5.41) is 17.8. The topological polar surface area (TPSA) is 95.2 Å². The van der Waals surface area contributed by atoms with Gasteiger partial charge in [-0.05, 0) is 35.9 Å². The normalized spacial score (nSPS) is 10.8. The number of hydrogen-bond donors (Lipinski definition) is 1. The van der Waals surface area contributed by atoms with Gasteiger partial charge in [-0.3, -0.25) is 0 Å². The van der Waals surface area contributed by atoms with E-state index in [0.717, 1.165) is 0 Å². The Morgan fingerprint density at radius 3 is 2.29 bits per heavy atom. The van der Waals surface area contributed by atoms with Crippen molar-refractivity contribution in [3.63, 3.8) is 0 Å². The van der Waals surface area contributed by atoms with Crippen molar-refractivity contribution >= 4 is 15.8 Å². The van der Waals surface area contributed by atoms with E-state index in [9.17, 15) is 13.2 Å². The van der Waals surface area contributed by atoms with Crippen molar-refractivity contribution in [3.05, 3.63) is 65.2 Å². The third kappa shape index (κ3) is 3.27. The summed E-state index contributed by atoms with van der Waals surface area (Å²) in [7, 11) is -3.67. The smallest absolute Gasteiger partial charge is 0.335 e. The average Bonchev–Trinajstić information content (AvgIpc) is 2.47. The predicted molar refractivity (Wildman–Crippen MR) is 75.4 cm³/mol. The number of sulfone groups is 1. The quantitative estimate of drug-likeness (QED) is 0.934. The van der Waals surface area contributed by atoms with Crippen LogP contribution in [-0.2, 0) is 15.6 Å². The molecule has 6 heteroatoms. The minimum atomic E-state index is -3.67. The fourth-order valence-electron chi connectivity index (χ4n) is 1.88. The van der Waals surface area contributed by atoms with E-state index < -0.39 is 21.6 Å². The molecule has 0 spiro atoms. The second kappa shape index (κ2) is 5.77. The molecule has 0 saturated heterocycles. The lowest BCUT2D eigenvalue weighted by Crippen LogP contribution is -2.09. The minimum absolute atomic E-state index is 0.0327. The molecular weight excluding hydrogens is 290 g/mol. The molecule has 0 unspecified atom stereocenters. The van der Waals surface area contributed by atoms with Crippen molar-refractivity contribution in [1.29, 1.82) is 5.26 Å². The summed E-state index contributed by atoms with van der Waals surface area (Å²) in [6.45, 7) is 0. The average molecular weight is 301 g/mol. The zero-order valence-corrected chi connectivity index (χ0v) is 11.7. The first-order chi connectivity index (χ1) is 9.94. The van der Waals surface area contributed by atoms with Crippen molar-refractivity contribution < 1.29 is 18.3 Å². The van der Waals surface area contributed by atoms with Crippen molar-refractivity contribution in [2.45, 2.75) is 10.6 Å². The first-order valence-electron chi connectivity index (χ1n) is 5.98. The lowest BCUT2D eigenvalue weighted by molar-refractivity contribution is 0.0696. The fourth-order valence-corrected chi connectivity index (χ4v) is 3.26. The highest BCUT2D eigenvalue weighted by atomic mass is 32.2. The zero-order valence-electron chi connectivity index (χ0n) is 10.9. The second-order valence-electron chi connectivity index (χ2n) is 4.36. The molecular formula is C15H11NO4S. The summed E-state index contributed by atoms with van der Waals surface area (Å²) in [5.41, 5.74) is 0.559. The molecule has 2 aromatic rings. The number of hydrogen-bond acceptors (Lipinski definition) is 4. The third-order valence-corrected chi connectivity index (χ3v) is 4.62. The molecule has 0 amide bonds. The highest BCUT2D eigenvalue weighted by molar-refractivity contribution is 7.90. The molecule has 0 aromatic heterocycles. The number of carboxylic acid groups (broad SMARTS) is 1. The van der Waals surface area contributed by atoms with E-state index in [2.05, 4.69) is 0 Å². The van der Waals surface area contributed by atoms with Crippen LogP contribution in [0, 0.1) is 11.3 Å². The van der Waals surface area contributed by atoms with Gasteiger partial charge < -0.3 is 5.11 Å². The fraction of sp³-hybridized carbons (Fsp3) is 0.0667. The van der Waals surface area contributed by atoms with Crippen LogP contribution in [0.5, 0.6) is 0 Å². The summed E-state index contributed by atoms with van der Waals surface area (Å²) in [5.74, 6) is -1.57. The number of carbonyl (C=O) groups is 1. The summed E-state index contributed by atoms with van der Waals surface area (Å²) in [6.07, 6.45) is 0. The molecule has 1 N–H and O–H groups in total. The van der Waals surface area contributed by atoms with Gasteiger partial charge in [-0.15, -0.1) is 0 Å². The van der Waals surface area contributed by atoms with E-state index in [0.29, 0.717) is 5.56 Å². The molecule has 5 nitrogen and oxygen atoms in total. The summed E-state index contributed by atoms with van der Waals surface area (Å²) >= 11 is 0. The maximum Gasteiger partial charge on any atom is 0.335 e. The highest BCUT2D eigenvalue weighted by Crippen LogP contribution is 2.19. The molecule has 2 rings (SSSR count). The van der Waals surface area contributed by atoms with Crippen LogP contribution in [0.15, 0.2) is 53.4 Å². The predicted octanol–water partition coefficient (Wildman–Crippen LogP) is 2.23. The molecule has 0 heterocycles. The SMILES string of the molecule is N#Cc1ccc(S(=O)(=O)Cc2ccccc2C(=O)O)cc1. The summed E-state index contributed by atoms with van der Waals surface area (Å²) in [6, 6.07) is 13.4. The second-order valence-corrected chi connectivity index (χ2v) is 6.35. The van der Waals surface area contributed by atoms with Crippen molar-refractivity contribution in [1.82, 2.24) is 0 Å². The maximum atomic E-state index is 12.3. The van der Waals surface area contributed by atoms with Gasteiger partial charge in [0.25, 0.3) is 0 Å². The number of benzene rings is 2. The molecule has 0 aliphatic heterocycles. The Morgan fingerprint density at radius 2 is 1.71 bits per heavy atom. The number of rotatable bonds is 4. The van der Waals surface area contributed by atoms with Crippen LogP contribution >= 0.6 is 0 Å². The van der Waals surface area contributed by atoms with E-state index >= 15 is 0 Å². The first-order valence-corrected chi connectivity index (χ1v) is 7.63. The van der Waals surface area contributed by atoms with Crippen LogP contribution in [-0.4, -0.2) is 19.5 Å². The molecule has 106 valence electrons. The molecule has 21 heavy (non-hydrogen) atoms. The van der Waals surface area contributed by atoms with Crippen molar-refractivity contribution in [3.8, 4) is 6.07 Å². The van der Waals surface area contributed by atoms with Crippen LogP contribution < -0.4 is 0 Å². The zero-order chi connectivity index (χ0) is 15.5. The van der Waals surface area contributed by atoms with Gasteiger partial charge in [0.05, 0.1) is 27.8 Å². The van der Waals surface area contributed by atoms with Gasteiger partial charge in [0.1, 0.15) is 0 Å². The Morgan fingerprint density at radius 1 is 1.10 bits per heavy atom. The van der Waals surface area contributed by atoms with Crippen molar-refractivity contribution in [2.75, 3.05) is 0 Å².